The van der Waals surface area contributed by atoms with Crippen molar-refractivity contribution >= 4 is 28.7 Å². The molecular weight excluding hydrogens is 480 g/mol. The number of allylic oxidation sites excluding steroid dienone is 1. The van der Waals surface area contributed by atoms with Crippen molar-refractivity contribution in [3.8, 4) is 0 Å². The first-order valence-corrected chi connectivity index (χ1v) is 13.9. The third-order valence-electron chi connectivity index (χ3n) is 8.08. The Morgan fingerprint density at radius 2 is 1.03 bits per heavy atom. The van der Waals surface area contributed by atoms with Gasteiger partial charge in [0, 0.05) is 10.5 Å². The van der Waals surface area contributed by atoms with Gasteiger partial charge in [0.2, 0.25) is 0 Å². The maximum absolute atomic E-state index is 15.4. The van der Waals surface area contributed by atoms with E-state index in [4.69, 9.17) is 0 Å². The summed E-state index contributed by atoms with van der Waals surface area (Å²) in [5, 5.41) is 0. The molecule has 1 aliphatic carbocycles. The number of hydrogen-bond donors (Lipinski definition) is 0. The van der Waals surface area contributed by atoms with Crippen molar-refractivity contribution in [3.05, 3.63) is 173 Å². The fraction of sp³-hybridized carbons (Fsp3) is 0.0833. The Bertz CT molecular complexity index is 1660. The quantitative estimate of drug-likeness (QED) is 0.244. The van der Waals surface area contributed by atoms with Crippen molar-refractivity contribution < 1.29 is 4.79 Å². The van der Waals surface area contributed by atoms with Crippen LogP contribution in [0.3, 0.4) is 0 Å². The largest absolute Gasteiger partial charge is 0.293 e. The second kappa shape index (κ2) is 9.01. The minimum atomic E-state index is -0.815. The van der Waals surface area contributed by atoms with E-state index in [0.717, 1.165) is 33.4 Å². The standard InChI is InChI=1S/C36H26OS/c37-34-32(26-15-5-1-6-16-26)33(27-17-7-2-8-18-27)36(30-22-11-4-12-23-30)35(34,29-20-9-3-10-21-29)25-28-19-13-14-24-31(28)38-36/h1-24H,25H2. The monoisotopic (exact) mass is 506 g/mol. The molecule has 0 spiro atoms. The van der Waals surface area contributed by atoms with Crippen molar-refractivity contribution in [1.29, 1.82) is 0 Å². The molecule has 5 aromatic carbocycles. The summed E-state index contributed by atoms with van der Waals surface area (Å²) in [6.07, 6.45) is 0.639. The highest BCUT2D eigenvalue weighted by Crippen LogP contribution is 2.71. The summed E-state index contributed by atoms with van der Waals surface area (Å²) in [6.45, 7) is 0. The van der Waals surface area contributed by atoms with Crippen LogP contribution in [0.5, 0.6) is 0 Å². The van der Waals surface area contributed by atoms with E-state index in [1.807, 2.05) is 42.1 Å². The predicted octanol–water partition coefficient (Wildman–Crippen LogP) is 8.36. The molecule has 2 aliphatic rings. The zero-order chi connectivity index (χ0) is 25.6. The molecule has 1 heterocycles. The molecule has 1 nitrogen and oxygen atoms in total. The fourth-order valence-electron chi connectivity index (χ4n) is 6.53. The van der Waals surface area contributed by atoms with Gasteiger partial charge in [0.25, 0.3) is 0 Å². The van der Waals surface area contributed by atoms with Gasteiger partial charge in [-0.2, -0.15) is 0 Å². The smallest absolute Gasteiger partial charge is 0.176 e. The van der Waals surface area contributed by atoms with Gasteiger partial charge >= 0.3 is 0 Å². The van der Waals surface area contributed by atoms with Crippen LogP contribution in [0, 0.1) is 0 Å². The van der Waals surface area contributed by atoms with E-state index >= 15 is 4.79 Å². The van der Waals surface area contributed by atoms with Gasteiger partial charge in [-0.05, 0) is 45.9 Å². The van der Waals surface area contributed by atoms with Gasteiger partial charge in [0.05, 0.1) is 10.2 Å². The molecule has 0 N–H and O–H groups in total. The minimum Gasteiger partial charge on any atom is -0.293 e. The Morgan fingerprint density at radius 3 is 1.66 bits per heavy atom. The van der Waals surface area contributed by atoms with E-state index in [0.29, 0.717) is 6.42 Å². The van der Waals surface area contributed by atoms with Crippen LogP contribution in [-0.4, -0.2) is 5.78 Å². The zero-order valence-electron chi connectivity index (χ0n) is 20.9. The lowest BCUT2D eigenvalue weighted by Crippen LogP contribution is -2.52. The maximum atomic E-state index is 15.4. The summed E-state index contributed by atoms with van der Waals surface area (Å²) in [5.74, 6) is 0.194. The average Bonchev–Trinajstić information content (AvgIpc) is 3.23. The molecule has 2 heteroatoms. The van der Waals surface area contributed by atoms with Crippen molar-refractivity contribution in [3.63, 3.8) is 0 Å². The van der Waals surface area contributed by atoms with Crippen molar-refractivity contribution in [2.24, 2.45) is 0 Å². The molecule has 0 amide bonds. The Labute approximate surface area is 227 Å². The number of fused-ring (bicyclic) bond motifs is 2. The molecule has 0 saturated heterocycles. The zero-order valence-corrected chi connectivity index (χ0v) is 21.7. The molecule has 182 valence electrons. The fourth-order valence-corrected chi connectivity index (χ4v) is 8.31. The highest BCUT2D eigenvalue weighted by atomic mass is 32.2. The van der Waals surface area contributed by atoms with Crippen molar-refractivity contribution in [2.45, 2.75) is 21.5 Å². The van der Waals surface area contributed by atoms with E-state index in [2.05, 4.69) is 115 Å². The number of ketones is 1. The molecule has 1 aliphatic heterocycles. The van der Waals surface area contributed by atoms with Gasteiger partial charge in [-0.15, -0.1) is 11.8 Å². The number of benzene rings is 5. The van der Waals surface area contributed by atoms with Crippen LogP contribution in [0.25, 0.3) is 11.1 Å². The van der Waals surface area contributed by atoms with Gasteiger partial charge in [0.1, 0.15) is 0 Å². The van der Waals surface area contributed by atoms with Gasteiger partial charge in [-0.1, -0.05) is 140 Å². The number of thioether (sulfide) groups is 1. The van der Waals surface area contributed by atoms with E-state index in [1.165, 1.54) is 10.5 Å². The lowest BCUT2D eigenvalue weighted by molar-refractivity contribution is -0.119. The summed E-state index contributed by atoms with van der Waals surface area (Å²) < 4.78 is -0.659. The lowest BCUT2D eigenvalue weighted by atomic mass is 9.62. The van der Waals surface area contributed by atoms with Gasteiger partial charge in [-0.3, -0.25) is 4.79 Å². The Hall–Kier alpha value is -4.14. The van der Waals surface area contributed by atoms with Crippen LogP contribution in [0.15, 0.2) is 150 Å². The topological polar surface area (TPSA) is 17.1 Å². The Balaban J connectivity index is 1.69. The molecule has 0 fully saturated rings. The van der Waals surface area contributed by atoms with Crippen molar-refractivity contribution in [1.82, 2.24) is 0 Å². The number of Topliss-reactive ketones (excluding diaryl/α,β-unsaturated/α-hetero) is 1. The maximum Gasteiger partial charge on any atom is 0.176 e. The molecule has 38 heavy (non-hydrogen) atoms. The second-order valence-electron chi connectivity index (χ2n) is 10.0. The summed E-state index contributed by atoms with van der Waals surface area (Å²) in [4.78, 5) is 16.6. The highest BCUT2D eigenvalue weighted by Gasteiger charge is 2.68. The first kappa shape index (κ1) is 23.0. The van der Waals surface area contributed by atoms with Crippen LogP contribution in [0.1, 0.15) is 27.8 Å². The van der Waals surface area contributed by atoms with Gasteiger partial charge in [0.15, 0.2) is 5.78 Å². The normalized spacial score (nSPS) is 22.2. The third kappa shape index (κ3) is 3.17. The number of carbonyl (C=O) groups is 1. The van der Waals surface area contributed by atoms with E-state index < -0.39 is 10.2 Å². The average molecular weight is 507 g/mol. The molecular formula is C36H26OS. The molecule has 2 atom stereocenters. The van der Waals surface area contributed by atoms with Crippen LogP contribution < -0.4 is 0 Å². The number of hydrogen-bond acceptors (Lipinski definition) is 2. The van der Waals surface area contributed by atoms with Crippen molar-refractivity contribution in [2.75, 3.05) is 0 Å². The second-order valence-corrected chi connectivity index (χ2v) is 11.3. The lowest BCUT2D eigenvalue weighted by Gasteiger charge is -2.50. The molecule has 0 bridgehead atoms. The molecule has 2 unspecified atom stereocenters. The predicted molar refractivity (Wildman–Crippen MR) is 157 cm³/mol. The molecule has 0 saturated carbocycles. The summed E-state index contributed by atoms with van der Waals surface area (Å²) >= 11 is 1.85. The van der Waals surface area contributed by atoms with Crippen LogP contribution in [-0.2, 0) is 21.4 Å². The van der Waals surface area contributed by atoms with E-state index in [1.54, 1.807) is 0 Å². The van der Waals surface area contributed by atoms with Crippen LogP contribution in [0.2, 0.25) is 0 Å². The van der Waals surface area contributed by atoms with Gasteiger partial charge < -0.3 is 0 Å². The summed E-state index contributed by atoms with van der Waals surface area (Å²) in [6, 6.07) is 50.6. The molecule has 5 aromatic rings. The first-order valence-electron chi connectivity index (χ1n) is 13.0. The number of carbonyl (C=O) groups excluding carboxylic acids is 1. The van der Waals surface area contributed by atoms with Gasteiger partial charge in [-0.25, -0.2) is 0 Å². The van der Waals surface area contributed by atoms with Crippen LogP contribution in [0.4, 0.5) is 0 Å². The Morgan fingerprint density at radius 1 is 0.526 bits per heavy atom. The van der Waals surface area contributed by atoms with E-state index in [-0.39, 0.29) is 5.78 Å². The number of rotatable bonds is 4. The summed E-state index contributed by atoms with van der Waals surface area (Å²) in [5.41, 5.74) is 6.62. The minimum absolute atomic E-state index is 0.194. The Kier molecular flexibility index (Phi) is 5.45. The van der Waals surface area contributed by atoms with Crippen LogP contribution >= 0.6 is 11.8 Å². The molecule has 0 aromatic heterocycles. The SMILES string of the molecule is O=C1C(c2ccccc2)=C(c2ccccc2)C2(c3ccccc3)Sc3ccccc3CC12c1ccccc1. The third-order valence-corrected chi connectivity index (χ3v) is 9.79. The van der Waals surface area contributed by atoms with E-state index in [9.17, 15) is 0 Å². The highest BCUT2D eigenvalue weighted by molar-refractivity contribution is 8.01. The molecule has 7 rings (SSSR count). The first-order chi connectivity index (χ1) is 18.8. The summed E-state index contributed by atoms with van der Waals surface area (Å²) in [7, 11) is 0. The molecule has 0 radical (unpaired) electrons.